The summed E-state index contributed by atoms with van der Waals surface area (Å²) in [5.74, 6) is 1.73. The average molecular weight is 752 g/mol. The lowest BCUT2D eigenvalue weighted by Gasteiger charge is -2.15. The van der Waals surface area contributed by atoms with E-state index in [0.29, 0.717) is 17.5 Å². The Bertz CT molecular complexity index is 3640. The first-order valence-corrected chi connectivity index (χ1v) is 19.9. The zero-order chi connectivity index (χ0) is 38.9. The molecule has 0 fully saturated rings. The van der Waals surface area contributed by atoms with Gasteiger partial charge in [0.1, 0.15) is 11.2 Å². The molecule has 0 bridgehead atoms. The lowest BCUT2D eigenvalue weighted by Crippen LogP contribution is -2.01. The highest BCUT2D eigenvalue weighted by Crippen LogP contribution is 2.42. The molecule has 0 unspecified atom stereocenters. The van der Waals surface area contributed by atoms with Gasteiger partial charge in [-0.25, -0.2) is 15.0 Å². The van der Waals surface area contributed by atoms with Crippen molar-refractivity contribution >= 4 is 65.0 Å². The van der Waals surface area contributed by atoms with E-state index in [1.54, 1.807) is 0 Å². The molecule has 12 rings (SSSR count). The van der Waals surface area contributed by atoms with E-state index in [1.807, 2.05) is 24.3 Å². The summed E-state index contributed by atoms with van der Waals surface area (Å²) >= 11 is 0. The van der Waals surface area contributed by atoms with E-state index < -0.39 is 0 Å². The molecule has 0 radical (unpaired) electrons. The Balaban J connectivity index is 1.11. The Hall–Kier alpha value is -7.95. The van der Waals surface area contributed by atoms with Gasteiger partial charge < -0.3 is 4.42 Å². The Morgan fingerprint density at radius 2 is 0.746 bits per heavy atom. The molecule has 274 valence electrons. The summed E-state index contributed by atoms with van der Waals surface area (Å²) < 4.78 is 6.56. The molecule has 2 heterocycles. The summed E-state index contributed by atoms with van der Waals surface area (Å²) in [6.45, 7) is 0. The quantitative estimate of drug-likeness (QED) is 0.164. The minimum absolute atomic E-state index is 0.550. The van der Waals surface area contributed by atoms with Crippen LogP contribution in [0.15, 0.2) is 205 Å². The van der Waals surface area contributed by atoms with Crippen molar-refractivity contribution in [3.8, 4) is 56.4 Å². The highest BCUT2D eigenvalue weighted by molar-refractivity contribution is 6.16. The Kier molecular flexibility index (Phi) is 7.50. The van der Waals surface area contributed by atoms with Crippen LogP contribution in [0, 0.1) is 0 Å². The smallest absolute Gasteiger partial charge is 0.167 e. The predicted octanol–water partition coefficient (Wildman–Crippen LogP) is 14.7. The van der Waals surface area contributed by atoms with E-state index >= 15 is 0 Å². The standard InChI is InChI=1S/C55H33N3O/c1-3-19-38-35(15-1)32-49(42-23-7-5-21-40(38)42)34-17-13-18-37(31-34)53-56-54(58-55(57-53)48-29-14-28-46-45-26-11-12-30-51(45)59-52(46)48)47-27-10-9-25-44(47)50-33-36-16-2-4-20-39(36)41-22-6-8-24-43(41)50/h1-33H. The second-order valence-electron chi connectivity index (χ2n) is 15.1. The van der Waals surface area contributed by atoms with E-state index in [2.05, 4.69) is 176 Å². The van der Waals surface area contributed by atoms with Crippen molar-refractivity contribution in [3.63, 3.8) is 0 Å². The summed E-state index contributed by atoms with van der Waals surface area (Å²) in [4.78, 5) is 15.9. The molecule has 0 amide bonds. The molecule has 10 aromatic carbocycles. The van der Waals surface area contributed by atoms with Crippen LogP contribution in [0.3, 0.4) is 0 Å². The first-order valence-electron chi connectivity index (χ1n) is 19.9. The summed E-state index contributed by atoms with van der Waals surface area (Å²) in [5, 5.41) is 11.8. The third-order valence-electron chi connectivity index (χ3n) is 11.7. The number of hydrogen-bond acceptors (Lipinski definition) is 4. The van der Waals surface area contributed by atoms with Gasteiger partial charge in [-0.1, -0.05) is 170 Å². The van der Waals surface area contributed by atoms with Gasteiger partial charge in [0.2, 0.25) is 0 Å². The lowest BCUT2D eigenvalue weighted by atomic mass is 9.91. The monoisotopic (exact) mass is 751 g/mol. The number of hydrogen-bond donors (Lipinski definition) is 0. The van der Waals surface area contributed by atoms with Gasteiger partial charge in [0.05, 0.1) is 5.56 Å². The van der Waals surface area contributed by atoms with Crippen LogP contribution < -0.4 is 0 Å². The highest BCUT2D eigenvalue weighted by Gasteiger charge is 2.21. The number of nitrogens with zero attached hydrogens (tertiary/aromatic N) is 3. The lowest BCUT2D eigenvalue weighted by molar-refractivity contribution is 0.669. The van der Waals surface area contributed by atoms with Crippen molar-refractivity contribution < 1.29 is 4.42 Å². The van der Waals surface area contributed by atoms with Crippen LogP contribution in [0.1, 0.15) is 0 Å². The normalized spacial score (nSPS) is 11.7. The van der Waals surface area contributed by atoms with Crippen molar-refractivity contribution in [2.45, 2.75) is 0 Å². The molecule has 0 saturated carbocycles. The Labute approximate surface area is 339 Å². The highest BCUT2D eigenvalue weighted by atomic mass is 16.3. The number of rotatable bonds is 5. The van der Waals surface area contributed by atoms with Crippen LogP contribution in [-0.4, -0.2) is 15.0 Å². The zero-order valence-corrected chi connectivity index (χ0v) is 31.8. The number of furan rings is 1. The fraction of sp³-hybridized carbons (Fsp3) is 0. The molecule has 2 aromatic heterocycles. The minimum atomic E-state index is 0.550. The molecule has 0 spiro atoms. The summed E-state index contributed by atoms with van der Waals surface area (Å²) in [6.07, 6.45) is 0. The maximum atomic E-state index is 6.56. The topological polar surface area (TPSA) is 51.8 Å². The van der Waals surface area contributed by atoms with Gasteiger partial charge in [0.15, 0.2) is 17.5 Å². The fourth-order valence-corrected chi connectivity index (χ4v) is 8.98. The average Bonchev–Trinajstić information content (AvgIpc) is 3.70. The van der Waals surface area contributed by atoms with Gasteiger partial charge in [-0.15, -0.1) is 0 Å². The maximum Gasteiger partial charge on any atom is 0.167 e. The molecule has 0 N–H and O–H groups in total. The van der Waals surface area contributed by atoms with Gasteiger partial charge >= 0.3 is 0 Å². The van der Waals surface area contributed by atoms with Gasteiger partial charge in [-0.3, -0.25) is 0 Å². The SMILES string of the molecule is c1cc(-c2nc(-c3ccccc3-c3cc4ccccc4c4ccccc34)nc(-c3cccc4c3oc3ccccc34)n2)cc(-c2cc3ccccc3c3ccccc23)c1. The van der Waals surface area contributed by atoms with Crippen molar-refractivity contribution in [2.24, 2.45) is 0 Å². The molecular formula is C55H33N3O. The molecule has 0 atom stereocenters. The van der Waals surface area contributed by atoms with Crippen LogP contribution in [0.2, 0.25) is 0 Å². The van der Waals surface area contributed by atoms with Crippen LogP contribution in [0.5, 0.6) is 0 Å². The molecule has 0 aliphatic rings. The molecule has 59 heavy (non-hydrogen) atoms. The third kappa shape index (κ3) is 5.42. The summed E-state index contributed by atoms with van der Waals surface area (Å²) in [6, 6.07) is 70.5. The third-order valence-corrected chi connectivity index (χ3v) is 11.7. The number of benzene rings is 10. The largest absolute Gasteiger partial charge is 0.455 e. The molecular weight excluding hydrogens is 719 g/mol. The molecule has 4 heteroatoms. The Morgan fingerprint density at radius 3 is 1.47 bits per heavy atom. The molecule has 4 nitrogen and oxygen atoms in total. The van der Waals surface area contributed by atoms with E-state index in [1.165, 1.54) is 43.1 Å². The maximum absolute atomic E-state index is 6.56. The number of para-hydroxylation sites is 2. The first kappa shape index (κ1) is 33.2. The molecule has 12 aromatic rings. The second-order valence-corrected chi connectivity index (χ2v) is 15.1. The summed E-state index contributed by atoms with van der Waals surface area (Å²) in [5.41, 5.74) is 8.65. The number of fused-ring (bicyclic) bond motifs is 9. The second kappa shape index (κ2) is 13.3. The molecule has 0 saturated heterocycles. The fourth-order valence-electron chi connectivity index (χ4n) is 8.98. The minimum Gasteiger partial charge on any atom is -0.455 e. The van der Waals surface area contributed by atoms with Crippen molar-refractivity contribution in [1.29, 1.82) is 0 Å². The van der Waals surface area contributed by atoms with Crippen molar-refractivity contribution in [3.05, 3.63) is 200 Å². The van der Waals surface area contributed by atoms with Crippen LogP contribution in [0.4, 0.5) is 0 Å². The van der Waals surface area contributed by atoms with E-state index in [4.69, 9.17) is 19.4 Å². The van der Waals surface area contributed by atoms with Gasteiger partial charge in [-0.05, 0) is 95.7 Å². The van der Waals surface area contributed by atoms with Crippen molar-refractivity contribution in [2.75, 3.05) is 0 Å². The predicted molar refractivity (Wildman–Crippen MR) is 244 cm³/mol. The number of aromatic nitrogens is 3. The zero-order valence-electron chi connectivity index (χ0n) is 31.8. The van der Waals surface area contributed by atoms with E-state index in [9.17, 15) is 0 Å². The Morgan fingerprint density at radius 1 is 0.271 bits per heavy atom. The summed E-state index contributed by atoms with van der Waals surface area (Å²) in [7, 11) is 0. The van der Waals surface area contributed by atoms with Crippen LogP contribution in [0.25, 0.3) is 121 Å². The van der Waals surface area contributed by atoms with Gasteiger partial charge in [0, 0.05) is 21.9 Å². The molecule has 0 aliphatic carbocycles. The first-order chi connectivity index (χ1) is 29.2. The van der Waals surface area contributed by atoms with Crippen LogP contribution in [-0.2, 0) is 0 Å². The molecule has 0 aliphatic heterocycles. The van der Waals surface area contributed by atoms with Crippen molar-refractivity contribution in [1.82, 2.24) is 15.0 Å². The van der Waals surface area contributed by atoms with Gasteiger partial charge in [-0.2, -0.15) is 0 Å². The van der Waals surface area contributed by atoms with E-state index in [0.717, 1.165) is 60.9 Å². The van der Waals surface area contributed by atoms with E-state index in [-0.39, 0.29) is 0 Å². The van der Waals surface area contributed by atoms with Gasteiger partial charge in [0.25, 0.3) is 0 Å². The van der Waals surface area contributed by atoms with Crippen LogP contribution >= 0.6 is 0 Å².